The molecule has 2 heterocycles. The summed E-state index contributed by atoms with van der Waals surface area (Å²) in [4.78, 5) is 28.8. The van der Waals surface area contributed by atoms with Gasteiger partial charge in [0.25, 0.3) is 0 Å². The minimum absolute atomic E-state index is 0.0350. The van der Waals surface area contributed by atoms with Crippen molar-refractivity contribution in [3.8, 4) is 0 Å². The van der Waals surface area contributed by atoms with E-state index in [4.69, 9.17) is 20.8 Å². The fraction of sp³-hybridized carbons (Fsp3) is 0.290. The Balaban J connectivity index is 1.47. The highest BCUT2D eigenvalue weighted by molar-refractivity contribution is 7.89. The maximum absolute atomic E-state index is 13.9. The maximum Gasteiger partial charge on any atom is 0.243 e. The lowest BCUT2D eigenvalue weighted by Gasteiger charge is -2.28. The summed E-state index contributed by atoms with van der Waals surface area (Å²) < 4.78 is 40.1. The van der Waals surface area contributed by atoms with Crippen molar-refractivity contribution in [3.63, 3.8) is 0 Å². The summed E-state index contributed by atoms with van der Waals surface area (Å²) >= 11 is 5.99. The van der Waals surface area contributed by atoms with E-state index >= 15 is 0 Å². The number of carbonyl (C=O) groups is 1. The predicted octanol–water partition coefficient (Wildman–Crippen LogP) is 5.15. The van der Waals surface area contributed by atoms with Crippen molar-refractivity contribution in [1.82, 2.24) is 9.21 Å². The first-order valence-corrected chi connectivity index (χ1v) is 15.2. The first-order valence-electron chi connectivity index (χ1n) is 13.4. The lowest BCUT2D eigenvalue weighted by atomic mass is 10.1. The molecule has 0 radical (unpaired) electrons. The Morgan fingerprint density at radius 2 is 1.78 bits per heavy atom. The third-order valence-corrected chi connectivity index (χ3v) is 9.20. The van der Waals surface area contributed by atoms with Crippen LogP contribution in [0.5, 0.6) is 0 Å². The average molecular weight is 595 g/mol. The van der Waals surface area contributed by atoms with E-state index in [0.29, 0.717) is 34.6 Å². The first-order chi connectivity index (χ1) is 19.7. The number of halogens is 1. The third-order valence-electron chi connectivity index (χ3n) is 7.12. The van der Waals surface area contributed by atoms with Crippen molar-refractivity contribution >= 4 is 38.5 Å². The number of amides is 1. The molecule has 41 heavy (non-hydrogen) atoms. The molecule has 0 N–H and O–H groups in total. The molecule has 1 aliphatic heterocycles. The molecule has 5 rings (SSSR count). The number of ether oxygens (including phenoxy) is 1. The Morgan fingerprint density at radius 3 is 2.49 bits per heavy atom. The maximum atomic E-state index is 13.9. The summed E-state index contributed by atoms with van der Waals surface area (Å²) in [5, 5.41) is 0.837. The van der Waals surface area contributed by atoms with E-state index in [1.807, 2.05) is 43.3 Å². The summed E-state index contributed by atoms with van der Waals surface area (Å²) in [5.74, 6) is -0.451. The van der Waals surface area contributed by atoms with Crippen LogP contribution in [-0.2, 0) is 32.6 Å². The molecular formula is C31H31ClN2O6S. The summed E-state index contributed by atoms with van der Waals surface area (Å²) in [5.41, 5.74) is 2.29. The third kappa shape index (κ3) is 6.87. The Hall–Kier alpha value is -3.50. The average Bonchev–Trinajstić information content (AvgIpc) is 3.48. The van der Waals surface area contributed by atoms with Gasteiger partial charge in [0.1, 0.15) is 5.58 Å². The molecule has 10 heteroatoms. The molecule has 1 saturated heterocycles. The Kier molecular flexibility index (Phi) is 8.89. The lowest BCUT2D eigenvalue weighted by Crippen LogP contribution is -2.45. The van der Waals surface area contributed by atoms with Gasteiger partial charge in [0.15, 0.2) is 5.43 Å². The van der Waals surface area contributed by atoms with Crippen LogP contribution in [0.4, 0.5) is 0 Å². The molecule has 214 valence electrons. The minimum Gasteiger partial charge on any atom is -0.464 e. The molecule has 1 aliphatic rings. The second-order valence-electron chi connectivity index (χ2n) is 10.2. The van der Waals surface area contributed by atoms with Crippen LogP contribution >= 0.6 is 11.6 Å². The largest absolute Gasteiger partial charge is 0.464 e. The Bertz CT molecular complexity index is 1680. The van der Waals surface area contributed by atoms with Gasteiger partial charge >= 0.3 is 0 Å². The number of nitrogens with zero attached hydrogens (tertiary/aromatic N) is 2. The lowest BCUT2D eigenvalue weighted by molar-refractivity contribution is -0.132. The highest BCUT2D eigenvalue weighted by Crippen LogP contribution is 2.23. The SMILES string of the molecule is Cc1ccc2occ(CN(Cc3ccccc3)C(=O)CN(C[C@@H]3CCCO3)S(=O)(=O)c3ccc(Cl)cc3)c(=O)c2c1. The molecule has 1 fully saturated rings. The fourth-order valence-corrected chi connectivity index (χ4v) is 6.45. The molecule has 0 bridgehead atoms. The van der Waals surface area contributed by atoms with Crippen LogP contribution in [0.1, 0.15) is 29.5 Å². The summed E-state index contributed by atoms with van der Waals surface area (Å²) in [6, 6.07) is 20.6. The number of benzene rings is 3. The van der Waals surface area contributed by atoms with Gasteiger partial charge in [-0.3, -0.25) is 9.59 Å². The van der Waals surface area contributed by atoms with Gasteiger partial charge in [-0.25, -0.2) is 8.42 Å². The van der Waals surface area contributed by atoms with Crippen molar-refractivity contribution < 1.29 is 22.4 Å². The molecule has 1 aromatic heterocycles. The van der Waals surface area contributed by atoms with Crippen LogP contribution in [0.25, 0.3) is 11.0 Å². The standard InChI is InChI=1S/C31H31ClN2O6S/c1-22-9-14-29-28(16-22)31(36)24(21-40-29)18-33(17-23-6-3-2-4-7-23)30(35)20-34(19-26-8-5-15-39-26)41(37,38)27-12-10-25(32)11-13-27/h2-4,6-7,9-14,16,21,26H,5,8,15,17-20H2,1H3/t26-/m0/s1. The molecule has 0 spiro atoms. The second-order valence-corrected chi connectivity index (χ2v) is 12.6. The predicted molar refractivity (Wildman–Crippen MR) is 157 cm³/mol. The molecule has 0 saturated carbocycles. The normalized spacial score (nSPS) is 15.4. The van der Waals surface area contributed by atoms with Crippen LogP contribution in [0, 0.1) is 6.92 Å². The van der Waals surface area contributed by atoms with Crippen LogP contribution in [-0.4, -0.2) is 49.3 Å². The van der Waals surface area contributed by atoms with Gasteiger partial charge in [-0.05, 0) is 61.7 Å². The van der Waals surface area contributed by atoms with Crippen LogP contribution in [0.2, 0.25) is 5.02 Å². The zero-order valence-corrected chi connectivity index (χ0v) is 24.2. The number of rotatable bonds is 10. The first kappa shape index (κ1) is 29.0. The second kappa shape index (κ2) is 12.6. The molecule has 0 aliphatic carbocycles. The van der Waals surface area contributed by atoms with Crippen molar-refractivity contribution in [2.24, 2.45) is 0 Å². The number of aryl methyl sites for hydroxylation is 1. The fourth-order valence-electron chi connectivity index (χ4n) is 4.91. The van der Waals surface area contributed by atoms with Crippen molar-refractivity contribution in [3.05, 3.63) is 111 Å². The van der Waals surface area contributed by atoms with Gasteiger partial charge in [-0.1, -0.05) is 53.6 Å². The van der Waals surface area contributed by atoms with Gasteiger partial charge in [0.2, 0.25) is 15.9 Å². The number of fused-ring (bicyclic) bond motifs is 1. The summed E-state index contributed by atoms with van der Waals surface area (Å²) in [6.45, 7) is 2.18. The van der Waals surface area contributed by atoms with E-state index in [2.05, 4.69) is 0 Å². The molecular weight excluding hydrogens is 564 g/mol. The molecule has 1 amide bonds. The summed E-state index contributed by atoms with van der Waals surface area (Å²) in [7, 11) is -4.05. The van der Waals surface area contributed by atoms with E-state index in [1.54, 1.807) is 12.1 Å². The highest BCUT2D eigenvalue weighted by atomic mass is 35.5. The Labute approximate surface area is 244 Å². The molecule has 4 aromatic rings. The zero-order valence-electron chi connectivity index (χ0n) is 22.7. The van der Waals surface area contributed by atoms with E-state index in [9.17, 15) is 18.0 Å². The smallest absolute Gasteiger partial charge is 0.243 e. The van der Waals surface area contributed by atoms with Gasteiger partial charge in [-0.15, -0.1) is 0 Å². The van der Waals surface area contributed by atoms with Crippen LogP contribution in [0.15, 0.2) is 93.2 Å². The minimum atomic E-state index is -4.05. The van der Waals surface area contributed by atoms with E-state index in [1.165, 1.54) is 39.7 Å². The van der Waals surface area contributed by atoms with Gasteiger partial charge in [-0.2, -0.15) is 4.31 Å². The van der Waals surface area contributed by atoms with Gasteiger partial charge in [0, 0.05) is 24.7 Å². The van der Waals surface area contributed by atoms with Gasteiger partial charge < -0.3 is 14.1 Å². The monoisotopic (exact) mass is 594 g/mol. The van der Waals surface area contributed by atoms with E-state index in [0.717, 1.165) is 17.5 Å². The quantitative estimate of drug-likeness (QED) is 0.252. The van der Waals surface area contributed by atoms with Crippen molar-refractivity contribution in [2.75, 3.05) is 19.7 Å². The van der Waals surface area contributed by atoms with Crippen LogP contribution < -0.4 is 5.43 Å². The molecule has 0 unspecified atom stereocenters. The Morgan fingerprint density at radius 1 is 1.02 bits per heavy atom. The number of sulfonamides is 1. The van der Waals surface area contributed by atoms with E-state index < -0.39 is 22.5 Å². The molecule has 1 atom stereocenters. The molecule has 3 aromatic carbocycles. The van der Waals surface area contributed by atoms with Gasteiger partial charge in [0.05, 0.1) is 41.3 Å². The molecule has 8 nitrogen and oxygen atoms in total. The number of hydrogen-bond acceptors (Lipinski definition) is 6. The van der Waals surface area contributed by atoms with Crippen molar-refractivity contribution in [2.45, 2.75) is 43.9 Å². The topological polar surface area (TPSA) is 97.1 Å². The zero-order chi connectivity index (χ0) is 29.0. The van der Waals surface area contributed by atoms with Crippen molar-refractivity contribution in [1.29, 1.82) is 0 Å². The van der Waals surface area contributed by atoms with Crippen LogP contribution in [0.3, 0.4) is 0 Å². The number of carbonyl (C=O) groups excluding carboxylic acids is 1. The number of hydrogen-bond donors (Lipinski definition) is 0. The summed E-state index contributed by atoms with van der Waals surface area (Å²) in [6.07, 6.45) is 2.58. The van der Waals surface area contributed by atoms with E-state index in [-0.39, 0.29) is 36.1 Å². The highest BCUT2D eigenvalue weighted by Gasteiger charge is 2.32.